The third kappa shape index (κ3) is 4.75. The molecular weight excluding hydrogens is 258 g/mol. The maximum absolute atomic E-state index is 5.16. The van der Waals surface area contributed by atoms with Crippen molar-refractivity contribution in [3.05, 3.63) is 10.6 Å². The molecule has 0 aliphatic heterocycles. The van der Waals surface area contributed by atoms with Gasteiger partial charge in [0.25, 0.3) is 0 Å². The molecule has 0 saturated heterocycles. The third-order valence-corrected chi connectivity index (χ3v) is 4.53. The van der Waals surface area contributed by atoms with Crippen molar-refractivity contribution in [2.45, 2.75) is 40.2 Å². The highest BCUT2D eigenvalue weighted by Crippen LogP contribution is 2.30. The van der Waals surface area contributed by atoms with E-state index in [9.17, 15) is 0 Å². The quantitative estimate of drug-likeness (QED) is 0.757. The van der Waals surface area contributed by atoms with E-state index in [2.05, 4.69) is 37.9 Å². The number of nitrogens with zero attached hydrogens (tertiary/aromatic N) is 2. The van der Waals surface area contributed by atoms with Gasteiger partial charge in [-0.25, -0.2) is 4.98 Å². The Hall–Kier alpha value is -0.650. The highest BCUT2D eigenvalue weighted by Gasteiger charge is 2.16. The number of hydrogen-bond acceptors (Lipinski definition) is 5. The van der Waals surface area contributed by atoms with Gasteiger partial charge in [0.05, 0.1) is 12.3 Å². The van der Waals surface area contributed by atoms with Crippen molar-refractivity contribution in [2.24, 2.45) is 0 Å². The number of aromatic nitrogens is 1. The van der Waals surface area contributed by atoms with Gasteiger partial charge in [-0.2, -0.15) is 0 Å². The van der Waals surface area contributed by atoms with E-state index in [0.717, 1.165) is 43.5 Å². The molecule has 1 aromatic heterocycles. The molecule has 0 radical (unpaired) electrons. The fraction of sp³-hybridized carbons (Fsp3) is 0.786. The largest absolute Gasteiger partial charge is 0.383 e. The predicted molar refractivity (Wildman–Crippen MR) is 83.3 cm³/mol. The normalized spacial score (nSPS) is 12.7. The Kier molecular flexibility index (Phi) is 7.34. The van der Waals surface area contributed by atoms with Crippen LogP contribution in [0.3, 0.4) is 0 Å². The van der Waals surface area contributed by atoms with Crippen LogP contribution in [0.1, 0.15) is 43.8 Å². The molecule has 4 nitrogen and oxygen atoms in total. The van der Waals surface area contributed by atoms with Crippen LogP contribution in [0, 0.1) is 6.92 Å². The fourth-order valence-electron chi connectivity index (χ4n) is 1.97. The van der Waals surface area contributed by atoms with Crippen molar-refractivity contribution in [1.82, 2.24) is 10.3 Å². The number of likely N-dealkylation sites (N-methyl/N-ethyl adjacent to an activating group) is 1. The fourth-order valence-corrected chi connectivity index (χ4v) is 3.16. The van der Waals surface area contributed by atoms with Crippen LogP contribution in [0.15, 0.2) is 0 Å². The molecule has 110 valence electrons. The minimum atomic E-state index is 0.382. The predicted octanol–water partition coefficient (Wildman–Crippen LogP) is 2.98. The number of anilines is 1. The van der Waals surface area contributed by atoms with E-state index in [1.807, 2.05) is 0 Å². The summed E-state index contributed by atoms with van der Waals surface area (Å²) >= 11 is 1.80. The maximum atomic E-state index is 5.16. The van der Waals surface area contributed by atoms with Gasteiger partial charge in [-0.15, -0.1) is 11.3 Å². The van der Waals surface area contributed by atoms with Crippen LogP contribution in [0.25, 0.3) is 0 Å². The van der Waals surface area contributed by atoms with Crippen LogP contribution in [0.4, 0.5) is 5.13 Å². The summed E-state index contributed by atoms with van der Waals surface area (Å²) in [7, 11) is 1.74. The molecule has 0 spiro atoms. The van der Waals surface area contributed by atoms with Gasteiger partial charge in [-0.1, -0.05) is 6.92 Å². The standard InChI is InChI=1S/C14H27N3OS/c1-6-8-15-11(3)13-12(4)16-14(19-13)17(7-2)9-10-18-5/h11,15H,6-10H2,1-5H3. The lowest BCUT2D eigenvalue weighted by atomic mass is 10.2. The van der Waals surface area contributed by atoms with Crippen LogP contribution in [-0.4, -0.2) is 38.3 Å². The Morgan fingerprint density at radius 2 is 2.16 bits per heavy atom. The summed E-state index contributed by atoms with van der Waals surface area (Å²) in [4.78, 5) is 8.33. The molecule has 1 N–H and O–H groups in total. The average Bonchev–Trinajstić information content (AvgIpc) is 2.79. The van der Waals surface area contributed by atoms with E-state index in [0.29, 0.717) is 6.04 Å². The lowest BCUT2D eigenvalue weighted by Crippen LogP contribution is -2.26. The maximum Gasteiger partial charge on any atom is 0.185 e. The first-order valence-corrected chi connectivity index (χ1v) is 7.90. The van der Waals surface area contributed by atoms with Crippen molar-refractivity contribution in [1.29, 1.82) is 0 Å². The SMILES string of the molecule is CCCNC(C)c1sc(N(CC)CCOC)nc1C. The molecule has 0 aliphatic rings. The minimum Gasteiger partial charge on any atom is -0.383 e. The Balaban J connectivity index is 2.75. The Labute approximate surface area is 121 Å². The zero-order chi connectivity index (χ0) is 14.3. The number of hydrogen-bond donors (Lipinski definition) is 1. The van der Waals surface area contributed by atoms with Crippen LogP contribution in [-0.2, 0) is 4.74 Å². The molecule has 1 unspecified atom stereocenters. The Bertz CT molecular complexity index is 368. The van der Waals surface area contributed by atoms with Crippen molar-refractivity contribution < 1.29 is 4.74 Å². The van der Waals surface area contributed by atoms with Gasteiger partial charge in [0.2, 0.25) is 0 Å². The molecule has 0 aromatic carbocycles. The minimum absolute atomic E-state index is 0.382. The molecule has 0 saturated carbocycles. The van der Waals surface area contributed by atoms with Crippen molar-refractivity contribution in [3.63, 3.8) is 0 Å². The lowest BCUT2D eigenvalue weighted by molar-refractivity contribution is 0.205. The number of nitrogens with one attached hydrogen (secondary N) is 1. The Morgan fingerprint density at radius 1 is 1.42 bits per heavy atom. The van der Waals surface area contributed by atoms with Crippen molar-refractivity contribution in [2.75, 3.05) is 38.3 Å². The molecule has 0 fully saturated rings. The first-order valence-electron chi connectivity index (χ1n) is 7.08. The van der Waals surface area contributed by atoms with Gasteiger partial charge >= 0.3 is 0 Å². The third-order valence-electron chi connectivity index (χ3n) is 3.13. The zero-order valence-corrected chi connectivity index (χ0v) is 13.6. The molecule has 1 aromatic rings. The highest BCUT2D eigenvalue weighted by atomic mass is 32.1. The topological polar surface area (TPSA) is 37.4 Å². The summed E-state index contributed by atoms with van der Waals surface area (Å²) < 4.78 is 5.16. The van der Waals surface area contributed by atoms with Crippen LogP contribution in [0.2, 0.25) is 0 Å². The first kappa shape index (κ1) is 16.4. The monoisotopic (exact) mass is 285 g/mol. The molecule has 5 heteroatoms. The van der Waals surface area contributed by atoms with E-state index in [4.69, 9.17) is 9.72 Å². The smallest absolute Gasteiger partial charge is 0.185 e. The summed E-state index contributed by atoms with van der Waals surface area (Å²) in [6.07, 6.45) is 1.16. The Morgan fingerprint density at radius 3 is 2.74 bits per heavy atom. The van der Waals surface area contributed by atoms with E-state index in [1.165, 1.54) is 4.88 Å². The summed E-state index contributed by atoms with van der Waals surface area (Å²) in [5.74, 6) is 0. The summed E-state index contributed by atoms with van der Waals surface area (Å²) in [6, 6.07) is 0.382. The van der Waals surface area contributed by atoms with Gasteiger partial charge in [-0.3, -0.25) is 0 Å². The van der Waals surface area contributed by atoms with Gasteiger partial charge in [-0.05, 0) is 33.7 Å². The molecule has 1 heterocycles. The average molecular weight is 285 g/mol. The molecule has 1 atom stereocenters. The molecule has 0 bridgehead atoms. The second-order valence-electron chi connectivity index (χ2n) is 4.69. The summed E-state index contributed by atoms with van der Waals surface area (Å²) in [5.41, 5.74) is 1.15. The summed E-state index contributed by atoms with van der Waals surface area (Å²) in [6.45, 7) is 12.3. The summed E-state index contributed by atoms with van der Waals surface area (Å²) in [5, 5.41) is 4.64. The van der Waals surface area contributed by atoms with Gasteiger partial charge in [0.1, 0.15) is 0 Å². The molecule has 0 amide bonds. The molecule has 1 rings (SSSR count). The second kappa shape index (κ2) is 8.51. The van der Waals surface area contributed by atoms with Crippen LogP contribution >= 0.6 is 11.3 Å². The number of thiazole rings is 1. The van der Waals surface area contributed by atoms with Crippen molar-refractivity contribution in [3.8, 4) is 0 Å². The van der Waals surface area contributed by atoms with E-state index < -0.39 is 0 Å². The number of methoxy groups -OCH3 is 1. The van der Waals surface area contributed by atoms with Gasteiger partial charge in [0.15, 0.2) is 5.13 Å². The van der Waals surface area contributed by atoms with Crippen LogP contribution in [0.5, 0.6) is 0 Å². The number of aryl methyl sites for hydroxylation is 1. The molecule has 19 heavy (non-hydrogen) atoms. The molecular formula is C14H27N3OS. The first-order chi connectivity index (χ1) is 9.13. The van der Waals surface area contributed by atoms with E-state index >= 15 is 0 Å². The van der Waals surface area contributed by atoms with Crippen LogP contribution < -0.4 is 10.2 Å². The lowest BCUT2D eigenvalue weighted by Gasteiger charge is -2.19. The zero-order valence-electron chi connectivity index (χ0n) is 12.8. The second-order valence-corrected chi connectivity index (χ2v) is 5.70. The van der Waals surface area contributed by atoms with Crippen molar-refractivity contribution >= 4 is 16.5 Å². The van der Waals surface area contributed by atoms with E-state index in [1.54, 1.807) is 18.4 Å². The number of ether oxygens (including phenoxy) is 1. The highest BCUT2D eigenvalue weighted by molar-refractivity contribution is 7.15. The van der Waals surface area contributed by atoms with E-state index in [-0.39, 0.29) is 0 Å². The number of rotatable bonds is 9. The van der Waals surface area contributed by atoms with Gasteiger partial charge in [0, 0.05) is 31.1 Å². The van der Waals surface area contributed by atoms with Gasteiger partial charge < -0.3 is 15.0 Å². The molecule has 0 aliphatic carbocycles.